The molecule has 1 aromatic rings. The molecule has 0 fully saturated rings. The summed E-state index contributed by atoms with van der Waals surface area (Å²) < 4.78 is 10.7. The molecule has 1 aromatic heterocycles. The Hall–Kier alpha value is -0.690. The van der Waals surface area contributed by atoms with Crippen molar-refractivity contribution in [2.24, 2.45) is 0 Å². The Morgan fingerprint density at radius 1 is 1.44 bits per heavy atom. The van der Waals surface area contributed by atoms with Gasteiger partial charge < -0.3 is 4.57 Å². The van der Waals surface area contributed by atoms with Crippen LogP contribution in [0.1, 0.15) is 0 Å². The Morgan fingerprint density at radius 2 is 2.00 bits per heavy atom. The van der Waals surface area contributed by atoms with Crippen molar-refractivity contribution < 1.29 is 4.57 Å². The third-order valence-corrected chi connectivity index (χ3v) is 1.77. The van der Waals surface area contributed by atoms with Gasteiger partial charge in [-0.05, 0) is 12.7 Å². The predicted molar refractivity (Wildman–Crippen MR) is 36.6 cm³/mol. The van der Waals surface area contributed by atoms with E-state index in [0.29, 0.717) is 5.57 Å². The average molecular weight is 142 g/mol. The van der Waals surface area contributed by atoms with Crippen LogP contribution in [0.5, 0.6) is 0 Å². The molecule has 0 radical (unpaired) electrons. The topological polar surface area (TPSA) is 42.9 Å². The molecule has 3 nitrogen and oxygen atoms in total. The van der Waals surface area contributed by atoms with Gasteiger partial charge in [-0.3, -0.25) is 0 Å². The molecule has 0 amide bonds. The van der Waals surface area contributed by atoms with Gasteiger partial charge in [0.25, 0.3) is 0 Å². The lowest BCUT2D eigenvalue weighted by molar-refractivity contribution is 0.595. The van der Waals surface area contributed by atoms with Gasteiger partial charge in [-0.1, -0.05) is 0 Å². The van der Waals surface area contributed by atoms with Gasteiger partial charge in [-0.25, -0.2) is 9.97 Å². The fourth-order valence-corrected chi connectivity index (χ4v) is 0.994. The van der Waals surface area contributed by atoms with Crippen molar-refractivity contribution >= 4 is 13.4 Å². The minimum Gasteiger partial charge on any atom is -0.319 e. The fraction of sp³-hybridized carbons (Fsp3) is 0.200. The van der Waals surface area contributed by atoms with E-state index in [1.165, 1.54) is 0 Å². The molecule has 1 heterocycles. The second-order valence-corrected chi connectivity index (χ2v) is 3.19. The Bertz CT molecular complexity index is 211. The molecule has 0 saturated heterocycles. The molecule has 0 spiro atoms. The number of hydrogen-bond donors (Lipinski definition) is 0. The van der Waals surface area contributed by atoms with Gasteiger partial charge in [0.2, 0.25) is 0 Å². The van der Waals surface area contributed by atoms with Crippen molar-refractivity contribution in [2.75, 3.05) is 6.66 Å². The molecule has 0 aliphatic heterocycles. The molecule has 1 rings (SSSR count). The molecule has 9 heavy (non-hydrogen) atoms. The second kappa shape index (κ2) is 2.74. The van der Waals surface area contributed by atoms with Gasteiger partial charge in [-0.2, -0.15) is 0 Å². The molecule has 1 unspecified atom stereocenters. The van der Waals surface area contributed by atoms with Crippen molar-refractivity contribution in [3.63, 3.8) is 0 Å². The summed E-state index contributed by atoms with van der Waals surface area (Å²) in [5.74, 6) is 0. The molecule has 48 valence electrons. The summed E-state index contributed by atoms with van der Waals surface area (Å²) in [4.78, 5) is 7.60. The van der Waals surface area contributed by atoms with E-state index in [4.69, 9.17) is 0 Å². The molecule has 1 atom stereocenters. The number of rotatable bonds is 1. The zero-order valence-electron chi connectivity index (χ0n) is 5.03. The quantitative estimate of drug-likeness (QED) is 0.529. The molecule has 4 heteroatoms. The van der Waals surface area contributed by atoms with Crippen LogP contribution >= 0.6 is 7.80 Å². The van der Waals surface area contributed by atoms with E-state index < -0.39 is 7.80 Å². The van der Waals surface area contributed by atoms with Crippen LogP contribution in [0.15, 0.2) is 18.5 Å². The monoisotopic (exact) mass is 142 g/mol. The molecular weight excluding hydrogens is 135 g/mol. The van der Waals surface area contributed by atoms with Crippen LogP contribution in [-0.2, 0) is 4.57 Å². The minimum atomic E-state index is -1.68. The van der Waals surface area contributed by atoms with Crippen molar-refractivity contribution in [3.05, 3.63) is 18.5 Å². The third-order valence-electron chi connectivity index (χ3n) is 0.881. The standard InChI is InChI=1S/C5H7N2OP/c1-9(8)5-6-3-2-4-7-5/h2-4,9H,1H3. The summed E-state index contributed by atoms with van der Waals surface area (Å²) in [6, 6.07) is 1.70. The zero-order valence-corrected chi connectivity index (χ0v) is 6.03. The maximum absolute atomic E-state index is 10.7. The average Bonchev–Trinajstić information content (AvgIpc) is 1.90. The van der Waals surface area contributed by atoms with E-state index in [2.05, 4.69) is 9.97 Å². The van der Waals surface area contributed by atoms with Crippen LogP contribution in [0.2, 0.25) is 0 Å². The summed E-state index contributed by atoms with van der Waals surface area (Å²) >= 11 is 0. The first-order valence-corrected chi connectivity index (χ1v) is 4.49. The number of hydrogen-bond acceptors (Lipinski definition) is 3. The van der Waals surface area contributed by atoms with Gasteiger partial charge in [0, 0.05) is 12.4 Å². The van der Waals surface area contributed by atoms with Gasteiger partial charge >= 0.3 is 0 Å². The van der Waals surface area contributed by atoms with E-state index in [9.17, 15) is 4.57 Å². The van der Waals surface area contributed by atoms with E-state index in [1.807, 2.05) is 0 Å². The zero-order chi connectivity index (χ0) is 6.69. The normalized spacial score (nSPS) is 13.0. The lowest BCUT2D eigenvalue weighted by Gasteiger charge is -1.88. The van der Waals surface area contributed by atoms with Crippen molar-refractivity contribution in [1.82, 2.24) is 9.97 Å². The first-order chi connectivity index (χ1) is 4.30. The summed E-state index contributed by atoms with van der Waals surface area (Å²) in [5.41, 5.74) is 0.461. The number of nitrogens with zero attached hydrogens (tertiary/aromatic N) is 2. The van der Waals surface area contributed by atoms with Crippen LogP contribution in [-0.4, -0.2) is 16.6 Å². The number of aromatic nitrogens is 2. The molecular formula is C5H7N2OP. The molecule has 0 saturated carbocycles. The van der Waals surface area contributed by atoms with Gasteiger partial charge in [0.05, 0.1) is 0 Å². The molecule has 0 N–H and O–H groups in total. The molecule has 0 aromatic carbocycles. The highest BCUT2D eigenvalue weighted by Gasteiger charge is 1.94. The van der Waals surface area contributed by atoms with Crippen LogP contribution in [0.4, 0.5) is 0 Å². The van der Waals surface area contributed by atoms with E-state index in [-0.39, 0.29) is 0 Å². The largest absolute Gasteiger partial charge is 0.319 e. The van der Waals surface area contributed by atoms with Gasteiger partial charge in [0.1, 0.15) is 7.80 Å². The maximum Gasteiger partial charge on any atom is 0.185 e. The molecule has 0 aliphatic carbocycles. The third kappa shape index (κ3) is 1.61. The Labute approximate surface area is 53.9 Å². The molecule has 0 aliphatic rings. The van der Waals surface area contributed by atoms with Crippen LogP contribution in [0.25, 0.3) is 0 Å². The first-order valence-electron chi connectivity index (χ1n) is 2.58. The Kier molecular flexibility index (Phi) is 1.96. The predicted octanol–water partition coefficient (Wildman–Crippen LogP) is 0.291. The summed E-state index contributed by atoms with van der Waals surface area (Å²) in [5, 5.41) is 0. The van der Waals surface area contributed by atoms with E-state index in [0.717, 1.165) is 0 Å². The Balaban J connectivity index is 2.98. The van der Waals surface area contributed by atoms with E-state index in [1.54, 1.807) is 25.1 Å². The van der Waals surface area contributed by atoms with E-state index >= 15 is 0 Å². The SMILES string of the molecule is C[PH](=O)c1ncccn1. The lowest BCUT2D eigenvalue weighted by atomic mass is 10.7. The highest BCUT2D eigenvalue weighted by atomic mass is 31.1. The smallest absolute Gasteiger partial charge is 0.185 e. The first kappa shape index (κ1) is 6.43. The van der Waals surface area contributed by atoms with Gasteiger partial charge in [0.15, 0.2) is 5.57 Å². The summed E-state index contributed by atoms with van der Waals surface area (Å²) in [7, 11) is -1.68. The Morgan fingerprint density at radius 3 is 2.33 bits per heavy atom. The highest BCUT2D eigenvalue weighted by molar-refractivity contribution is 7.51. The van der Waals surface area contributed by atoms with Crippen LogP contribution in [0.3, 0.4) is 0 Å². The minimum absolute atomic E-state index is 0.461. The second-order valence-electron chi connectivity index (χ2n) is 1.63. The summed E-state index contributed by atoms with van der Waals surface area (Å²) in [6.45, 7) is 1.62. The lowest BCUT2D eigenvalue weighted by Crippen LogP contribution is -2.04. The van der Waals surface area contributed by atoms with Crippen LogP contribution in [0, 0.1) is 0 Å². The highest BCUT2D eigenvalue weighted by Crippen LogP contribution is 2.07. The molecule has 0 bridgehead atoms. The fourth-order valence-electron chi connectivity index (χ4n) is 0.481. The maximum atomic E-state index is 10.7. The summed E-state index contributed by atoms with van der Waals surface area (Å²) in [6.07, 6.45) is 3.18. The van der Waals surface area contributed by atoms with Crippen LogP contribution < -0.4 is 5.57 Å². The van der Waals surface area contributed by atoms with Crippen molar-refractivity contribution in [1.29, 1.82) is 0 Å². The van der Waals surface area contributed by atoms with Crippen molar-refractivity contribution in [3.8, 4) is 0 Å². The van der Waals surface area contributed by atoms with Gasteiger partial charge in [-0.15, -0.1) is 0 Å². The van der Waals surface area contributed by atoms with Crippen molar-refractivity contribution in [2.45, 2.75) is 0 Å².